The van der Waals surface area contributed by atoms with Gasteiger partial charge in [0, 0.05) is 18.8 Å². The highest BCUT2D eigenvalue weighted by atomic mass is 16.4. The molecule has 0 aliphatic heterocycles. The topological polar surface area (TPSA) is 98.0 Å². The second kappa shape index (κ2) is 10.6. The molecule has 0 aromatic heterocycles. The zero-order chi connectivity index (χ0) is 17.2. The molecule has 4 N–H and O–H groups in total. The summed E-state index contributed by atoms with van der Waals surface area (Å²) < 4.78 is 0. The number of carbonyl (C=O) groups is 1. The molecular weight excluding hydrogens is 296 g/mol. The predicted molar refractivity (Wildman–Crippen MR) is 88.9 cm³/mol. The molecule has 5 atom stereocenters. The molecule has 0 aromatic carbocycles. The number of hydrogen-bond acceptors (Lipinski definition) is 4. The number of hydrogen-bond donors (Lipinski definition) is 4. The van der Waals surface area contributed by atoms with Crippen LogP contribution in [0.5, 0.6) is 0 Å². The van der Waals surface area contributed by atoms with Gasteiger partial charge in [-0.1, -0.05) is 37.6 Å². The van der Waals surface area contributed by atoms with Crippen LogP contribution >= 0.6 is 0 Å². The van der Waals surface area contributed by atoms with Gasteiger partial charge in [0.15, 0.2) is 0 Å². The average Bonchev–Trinajstić information content (AvgIpc) is 2.74. The van der Waals surface area contributed by atoms with Crippen LogP contribution in [0.2, 0.25) is 0 Å². The summed E-state index contributed by atoms with van der Waals surface area (Å²) >= 11 is 0. The summed E-state index contributed by atoms with van der Waals surface area (Å²) in [6, 6.07) is 0. The van der Waals surface area contributed by atoms with Gasteiger partial charge in [0.2, 0.25) is 0 Å². The lowest BCUT2D eigenvalue weighted by atomic mass is 9.89. The molecule has 1 fully saturated rings. The van der Waals surface area contributed by atoms with Gasteiger partial charge in [-0.2, -0.15) is 0 Å². The van der Waals surface area contributed by atoms with E-state index < -0.39 is 24.3 Å². The van der Waals surface area contributed by atoms with E-state index in [1.807, 2.05) is 25.2 Å². The van der Waals surface area contributed by atoms with E-state index in [1.165, 1.54) is 0 Å². The van der Waals surface area contributed by atoms with Gasteiger partial charge >= 0.3 is 5.97 Å². The number of aliphatic hydroxyl groups is 3. The Balaban J connectivity index is 2.49. The Bertz CT molecular complexity index is 404. The number of unbranched alkanes of at least 4 members (excludes halogenated alkanes) is 1. The standard InChI is InChI=1S/C18H30O5/c1-2-7-13(19)10-11-15-14(16(20)12-17(15)21)8-5-3-4-6-9-18(22)23/h3,5,10-11,13-17,19-21H,2,4,6-9,12H2,1H3,(H,22,23)/b5-3-,11-10+/t13-,14+,15+,16-,17+/m0/s1. The molecule has 23 heavy (non-hydrogen) atoms. The number of aliphatic carboxylic acids is 1. The van der Waals surface area contributed by atoms with Crippen molar-refractivity contribution in [1.82, 2.24) is 0 Å². The smallest absolute Gasteiger partial charge is 0.303 e. The quantitative estimate of drug-likeness (QED) is 0.365. The maximum atomic E-state index is 10.4. The van der Waals surface area contributed by atoms with E-state index in [4.69, 9.17) is 5.11 Å². The number of allylic oxidation sites excluding steroid dienone is 2. The van der Waals surface area contributed by atoms with Crippen molar-refractivity contribution in [2.75, 3.05) is 0 Å². The third kappa shape index (κ3) is 7.29. The molecule has 0 unspecified atom stereocenters. The highest BCUT2D eigenvalue weighted by molar-refractivity contribution is 5.66. The van der Waals surface area contributed by atoms with Crippen LogP contribution in [-0.2, 0) is 4.79 Å². The Morgan fingerprint density at radius 2 is 2.00 bits per heavy atom. The number of rotatable bonds is 10. The summed E-state index contributed by atoms with van der Waals surface area (Å²) in [6.45, 7) is 2.00. The van der Waals surface area contributed by atoms with Crippen LogP contribution in [0.15, 0.2) is 24.3 Å². The lowest BCUT2D eigenvalue weighted by molar-refractivity contribution is -0.137. The van der Waals surface area contributed by atoms with Crippen LogP contribution in [0.25, 0.3) is 0 Å². The van der Waals surface area contributed by atoms with Crippen molar-refractivity contribution < 1.29 is 25.2 Å². The summed E-state index contributed by atoms with van der Waals surface area (Å²) in [4.78, 5) is 10.4. The normalized spacial score (nSPS) is 29.6. The van der Waals surface area contributed by atoms with Gasteiger partial charge in [0.1, 0.15) is 0 Å². The van der Waals surface area contributed by atoms with E-state index in [0.717, 1.165) is 6.42 Å². The van der Waals surface area contributed by atoms with E-state index in [-0.39, 0.29) is 18.3 Å². The van der Waals surface area contributed by atoms with Gasteiger partial charge < -0.3 is 20.4 Å². The molecule has 1 rings (SSSR count). The van der Waals surface area contributed by atoms with E-state index in [0.29, 0.717) is 32.1 Å². The highest BCUT2D eigenvalue weighted by Gasteiger charge is 2.39. The third-order valence-corrected chi connectivity index (χ3v) is 4.39. The maximum Gasteiger partial charge on any atom is 0.303 e. The van der Waals surface area contributed by atoms with Crippen molar-refractivity contribution in [2.45, 2.75) is 70.2 Å². The number of aliphatic hydroxyl groups excluding tert-OH is 3. The van der Waals surface area contributed by atoms with E-state index in [9.17, 15) is 20.1 Å². The van der Waals surface area contributed by atoms with Crippen LogP contribution < -0.4 is 0 Å². The first kappa shape index (κ1) is 19.9. The van der Waals surface area contributed by atoms with Crippen molar-refractivity contribution in [3.8, 4) is 0 Å². The van der Waals surface area contributed by atoms with Crippen molar-refractivity contribution in [3.63, 3.8) is 0 Å². The zero-order valence-corrected chi connectivity index (χ0v) is 13.8. The molecule has 0 bridgehead atoms. The van der Waals surface area contributed by atoms with Gasteiger partial charge in [-0.05, 0) is 31.6 Å². The second-order valence-corrected chi connectivity index (χ2v) is 6.35. The lowest BCUT2D eigenvalue weighted by Crippen LogP contribution is -2.20. The Hall–Kier alpha value is -1.17. The van der Waals surface area contributed by atoms with Crippen LogP contribution in [-0.4, -0.2) is 44.7 Å². The summed E-state index contributed by atoms with van der Waals surface area (Å²) in [5.41, 5.74) is 0. The molecule has 0 heterocycles. The molecule has 1 aliphatic carbocycles. The summed E-state index contributed by atoms with van der Waals surface area (Å²) in [7, 11) is 0. The molecule has 1 aliphatic rings. The summed E-state index contributed by atoms with van der Waals surface area (Å²) in [5.74, 6) is -1.01. The minimum Gasteiger partial charge on any atom is -0.481 e. The molecule has 0 spiro atoms. The predicted octanol–water partition coefficient (Wildman–Crippen LogP) is 2.26. The molecule has 132 valence electrons. The van der Waals surface area contributed by atoms with Gasteiger partial charge in [-0.15, -0.1) is 0 Å². The summed E-state index contributed by atoms with van der Waals surface area (Å²) in [6.07, 6.45) is 9.87. The number of carboxylic acids is 1. The monoisotopic (exact) mass is 326 g/mol. The molecular formula is C18H30O5. The van der Waals surface area contributed by atoms with Crippen molar-refractivity contribution in [3.05, 3.63) is 24.3 Å². The Kier molecular flexibility index (Phi) is 9.14. The van der Waals surface area contributed by atoms with Crippen molar-refractivity contribution >= 4 is 5.97 Å². The van der Waals surface area contributed by atoms with E-state index in [1.54, 1.807) is 6.08 Å². The first-order valence-corrected chi connectivity index (χ1v) is 8.55. The largest absolute Gasteiger partial charge is 0.481 e. The van der Waals surface area contributed by atoms with Gasteiger partial charge in [0.05, 0.1) is 18.3 Å². The molecule has 5 heteroatoms. The number of carboxylic acid groups (broad SMARTS) is 1. The van der Waals surface area contributed by atoms with Gasteiger partial charge in [-0.3, -0.25) is 4.79 Å². The lowest BCUT2D eigenvalue weighted by Gasteiger charge is -2.19. The Morgan fingerprint density at radius 3 is 2.65 bits per heavy atom. The molecule has 1 saturated carbocycles. The van der Waals surface area contributed by atoms with Crippen molar-refractivity contribution in [2.24, 2.45) is 11.8 Å². The highest BCUT2D eigenvalue weighted by Crippen LogP contribution is 2.36. The molecule has 0 saturated heterocycles. The SMILES string of the molecule is CCC[C@H](O)/C=C/[C@@H]1[C@@H](C/C=C\CCCC(=O)O)[C@@H](O)C[C@H]1O. The fraction of sp³-hybridized carbons (Fsp3) is 0.722. The van der Waals surface area contributed by atoms with Crippen LogP contribution in [0, 0.1) is 11.8 Å². The second-order valence-electron chi connectivity index (χ2n) is 6.35. The van der Waals surface area contributed by atoms with Crippen LogP contribution in [0.1, 0.15) is 51.9 Å². The van der Waals surface area contributed by atoms with E-state index in [2.05, 4.69) is 0 Å². The molecule has 0 amide bonds. The molecule has 0 radical (unpaired) electrons. The minimum absolute atomic E-state index is 0.0641. The Labute approximate surface area is 138 Å². The summed E-state index contributed by atoms with van der Waals surface area (Å²) in [5, 5.41) is 38.5. The van der Waals surface area contributed by atoms with Crippen LogP contribution in [0.3, 0.4) is 0 Å². The Morgan fingerprint density at radius 1 is 1.26 bits per heavy atom. The maximum absolute atomic E-state index is 10.4. The van der Waals surface area contributed by atoms with Crippen LogP contribution in [0.4, 0.5) is 0 Å². The first-order chi connectivity index (χ1) is 11.0. The first-order valence-electron chi connectivity index (χ1n) is 8.55. The minimum atomic E-state index is -0.788. The van der Waals surface area contributed by atoms with Crippen molar-refractivity contribution in [1.29, 1.82) is 0 Å². The van der Waals surface area contributed by atoms with Gasteiger partial charge in [0.25, 0.3) is 0 Å². The fourth-order valence-corrected chi connectivity index (χ4v) is 3.10. The van der Waals surface area contributed by atoms with Gasteiger partial charge in [-0.25, -0.2) is 0 Å². The third-order valence-electron chi connectivity index (χ3n) is 4.39. The van der Waals surface area contributed by atoms with E-state index >= 15 is 0 Å². The molecule has 5 nitrogen and oxygen atoms in total. The average molecular weight is 326 g/mol. The zero-order valence-electron chi connectivity index (χ0n) is 13.8. The molecule has 0 aromatic rings. The fourth-order valence-electron chi connectivity index (χ4n) is 3.10.